The zero-order chi connectivity index (χ0) is 26.6. The predicted octanol–water partition coefficient (Wildman–Crippen LogP) is 4.16. The molecular weight excluding hydrogens is 478 g/mol. The van der Waals surface area contributed by atoms with Crippen LogP contribution < -0.4 is 10.6 Å². The summed E-state index contributed by atoms with van der Waals surface area (Å²) in [6, 6.07) is 19.6. The number of piperidine rings is 1. The summed E-state index contributed by atoms with van der Waals surface area (Å²) >= 11 is 0. The molecule has 1 fully saturated rings. The summed E-state index contributed by atoms with van der Waals surface area (Å²) in [5.41, 5.74) is 2.21. The number of rotatable bonds is 7. The number of hydrogen-bond acceptors (Lipinski definition) is 5. The summed E-state index contributed by atoms with van der Waals surface area (Å²) in [5, 5.41) is 6.03. The van der Waals surface area contributed by atoms with E-state index >= 15 is 0 Å². The van der Waals surface area contributed by atoms with E-state index in [-0.39, 0.29) is 24.8 Å². The highest BCUT2D eigenvalue weighted by Gasteiger charge is 2.26. The lowest BCUT2D eigenvalue weighted by atomic mass is 9.95. The monoisotopic (exact) mass is 517 g/mol. The third-order valence-corrected chi connectivity index (χ3v) is 7.36. The Labute approximate surface area is 225 Å². The zero-order valence-corrected chi connectivity index (χ0v) is 22.0. The van der Waals surface area contributed by atoms with Gasteiger partial charge in [-0.15, -0.1) is 0 Å². The molecule has 1 saturated heterocycles. The fraction of sp³-hybridized carbons (Fsp3) is 0.452. The van der Waals surface area contributed by atoms with Crippen molar-refractivity contribution in [1.82, 2.24) is 15.5 Å². The van der Waals surface area contributed by atoms with Crippen molar-refractivity contribution < 1.29 is 19.1 Å². The molecule has 4 rings (SSSR count). The van der Waals surface area contributed by atoms with Crippen LogP contribution in [-0.2, 0) is 25.7 Å². The summed E-state index contributed by atoms with van der Waals surface area (Å²) in [6.45, 7) is 3.68. The molecule has 0 bridgehead atoms. The van der Waals surface area contributed by atoms with Gasteiger partial charge in [0.15, 0.2) is 0 Å². The quantitative estimate of drug-likeness (QED) is 0.425. The van der Waals surface area contributed by atoms with E-state index in [2.05, 4.69) is 39.8 Å². The van der Waals surface area contributed by atoms with Crippen molar-refractivity contribution in [3.8, 4) is 0 Å². The Balaban J connectivity index is 1.25. The number of allylic oxidation sites excluding steroid dienone is 2. The Hall–Kier alpha value is -3.45. The van der Waals surface area contributed by atoms with E-state index in [1.165, 1.54) is 5.56 Å². The second-order valence-corrected chi connectivity index (χ2v) is 10.3. The second kappa shape index (κ2) is 14.5. The molecule has 7 nitrogen and oxygen atoms in total. The van der Waals surface area contributed by atoms with Crippen LogP contribution in [0, 0.1) is 11.8 Å². The number of likely N-dealkylation sites (tertiary alicyclic amines) is 1. The molecule has 0 aromatic heterocycles. The first-order valence-corrected chi connectivity index (χ1v) is 13.8. The van der Waals surface area contributed by atoms with Crippen LogP contribution in [0.25, 0.3) is 0 Å². The fourth-order valence-corrected chi connectivity index (χ4v) is 5.06. The number of hydrogen-bond donors (Lipinski definition) is 2. The van der Waals surface area contributed by atoms with E-state index in [4.69, 9.17) is 4.74 Å². The Morgan fingerprint density at radius 3 is 2.42 bits per heavy atom. The number of amides is 2. The summed E-state index contributed by atoms with van der Waals surface area (Å²) in [5.74, 6) is -0.710. The van der Waals surface area contributed by atoms with E-state index in [0.717, 1.165) is 38.0 Å². The van der Waals surface area contributed by atoms with Crippen LogP contribution in [0.2, 0.25) is 0 Å². The molecular formula is C31H39N3O4. The summed E-state index contributed by atoms with van der Waals surface area (Å²) in [7, 11) is 0. The fourth-order valence-electron chi connectivity index (χ4n) is 5.06. The normalized spacial score (nSPS) is 22.0. The van der Waals surface area contributed by atoms with E-state index in [1.54, 1.807) is 0 Å². The van der Waals surface area contributed by atoms with Crippen LogP contribution in [0.1, 0.15) is 55.7 Å². The minimum Gasteiger partial charge on any atom is -0.463 e. The summed E-state index contributed by atoms with van der Waals surface area (Å²) in [6.07, 6.45) is 7.35. The van der Waals surface area contributed by atoms with E-state index in [9.17, 15) is 14.4 Å². The molecule has 2 N–H and O–H groups in total. The Kier molecular flexibility index (Phi) is 10.5. The van der Waals surface area contributed by atoms with Crippen molar-refractivity contribution in [1.29, 1.82) is 0 Å². The molecule has 0 unspecified atom stereocenters. The number of carbonyl (C=O) groups excluding carboxylic acids is 3. The minimum absolute atomic E-state index is 0.0397. The molecule has 2 atom stereocenters. The Bertz CT molecular complexity index is 1070. The molecule has 2 aromatic carbocycles. The molecule has 0 aliphatic carbocycles. The van der Waals surface area contributed by atoms with Gasteiger partial charge >= 0.3 is 5.97 Å². The molecule has 2 heterocycles. The molecule has 2 aliphatic rings. The van der Waals surface area contributed by atoms with E-state index in [0.29, 0.717) is 31.7 Å². The van der Waals surface area contributed by atoms with Gasteiger partial charge in [0, 0.05) is 25.9 Å². The maximum Gasteiger partial charge on any atom is 0.309 e. The van der Waals surface area contributed by atoms with Gasteiger partial charge < -0.3 is 15.4 Å². The van der Waals surface area contributed by atoms with Crippen LogP contribution in [0.15, 0.2) is 72.8 Å². The molecule has 0 spiro atoms. The van der Waals surface area contributed by atoms with Crippen LogP contribution in [0.4, 0.5) is 0 Å². The second-order valence-electron chi connectivity index (χ2n) is 10.3. The Morgan fingerprint density at radius 1 is 0.974 bits per heavy atom. The maximum atomic E-state index is 13.0. The van der Waals surface area contributed by atoms with Gasteiger partial charge in [-0.3, -0.25) is 19.3 Å². The highest BCUT2D eigenvalue weighted by molar-refractivity contribution is 5.83. The van der Waals surface area contributed by atoms with Crippen LogP contribution in [-0.4, -0.2) is 48.9 Å². The van der Waals surface area contributed by atoms with E-state index in [1.807, 2.05) is 48.6 Å². The van der Waals surface area contributed by atoms with Gasteiger partial charge in [0.25, 0.3) is 0 Å². The number of benzene rings is 2. The number of cyclic esters (lactones) is 1. The highest BCUT2D eigenvalue weighted by atomic mass is 16.5. The first-order chi connectivity index (χ1) is 18.6. The van der Waals surface area contributed by atoms with Crippen LogP contribution in [0.5, 0.6) is 0 Å². The van der Waals surface area contributed by atoms with Crippen molar-refractivity contribution in [2.75, 3.05) is 26.2 Å². The van der Waals surface area contributed by atoms with Crippen LogP contribution in [0.3, 0.4) is 0 Å². The zero-order valence-electron chi connectivity index (χ0n) is 22.0. The molecule has 0 radical (unpaired) electrons. The largest absolute Gasteiger partial charge is 0.463 e. The van der Waals surface area contributed by atoms with Gasteiger partial charge in [0.2, 0.25) is 11.8 Å². The smallest absolute Gasteiger partial charge is 0.309 e. The van der Waals surface area contributed by atoms with Gasteiger partial charge in [-0.05, 0) is 55.8 Å². The van der Waals surface area contributed by atoms with Gasteiger partial charge in [0.1, 0.15) is 6.61 Å². The molecule has 2 aromatic rings. The number of carbonyl (C=O) groups is 3. The van der Waals surface area contributed by atoms with Gasteiger partial charge in [-0.1, -0.05) is 72.8 Å². The SMILES string of the molecule is O=C(C[C@@H]1CC=CCCC(=O)N[C@H](c2ccccc2)COC1=O)NCC1CCN(Cc2ccccc2)CC1. The van der Waals surface area contributed by atoms with Gasteiger partial charge in [0.05, 0.1) is 12.0 Å². The first-order valence-electron chi connectivity index (χ1n) is 13.8. The third-order valence-electron chi connectivity index (χ3n) is 7.36. The number of nitrogens with one attached hydrogen (secondary N) is 2. The van der Waals surface area contributed by atoms with Gasteiger partial charge in [-0.2, -0.15) is 0 Å². The lowest BCUT2D eigenvalue weighted by molar-refractivity contribution is -0.151. The van der Waals surface area contributed by atoms with Gasteiger partial charge in [-0.25, -0.2) is 0 Å². The van der Waals surface area contributed by atoms with Crippen molar-refractivity contribution in [2.24, 2.45) is 11.8 Å². The minimum atomic E-state index is -0.550. The number of ether oxygens (including phenoxy) is 1. The van der Waals surface area contributed by atoms with Crippen molar-refractivity contribution in [3.63, 3.8) is 0 Å². The standard InChI is InChI=1S/C31H39N3O4/c35-29-15-9-3-8-14-27(31(37)38-23-28(33-29)26-12-6-2-7-13-26)20-30(36)32-21-24-16-18-34(19-17-24)22-25-10-4-1-5-11-25/h1-8,10-13,24,27-28H,9,14-23H2,(H,32,36)(H,33,35)/t27-,28-/m0/s1. The lowest BCUT2D eigenvalue weighted by Gasteiger charge is -2.32. The average molecular weight is 518 g/mol. The van der Waals surface area contributed by atoms with Crippen LogP contribution >= 0.6 is 0 Å². The number of esters is 1. The van der Waals surface area contributed by atoms with Crippen molar-refractivity contribution in [3.05, 3.63) is 83.9 Å². The van der Waals surface area contributed by atoms with E-state index < -0.39 is 17.9 Å². The van der Waals surface area contributed by atoms with Crippen molar-refractivity contribution >= 4 is 17.8 Å². The number of nitrogens with zero attached hydrogens (tertiary/aromatic N) is 1. The average Bonchev–Trinajstić information content (AvgIpc) is 2.94. The molecule has 202 valence electrons. The first kappa shape index (κ1) is 27.6. The third kappa shape index (κ3) is 8.84. The predicted molar refractivity (Wildman–Crippen MR) is 147 cm³/mol. The maximum absolute atomic E-state index is 13.0. The highest BCUT2D eigenvalue weighted by Crippen LogP contribution is 2.20. The Morgan fingerprint density at radius 2 is 1.68 bits per heavy atom. The molecule has 0 saturated carbocycles. The molecule has 38 heavy (non-hydrogen) atoms. The lowest BCUT2D eigenvalue weighted by Crippen LogP contribution is -2.39. The molecule has 2 aliphatic heterocycles. The summed E-state index contributed by atoms with van der Waals surface area (Å²) < 4.78 is 5.63. The van der Waals surface area contributed by atoms with Crippen molar-refractivity contribution in [2.45, 2.75) is 51.1 Å². The topological polar surface area (TPSA) is 87.7 Å². The molecule has 2 amide bonds. The summed E-state index contributed by atoms with van der Waals surface area (Å²) in [4.78, 5) is 40.6. The molecule has 7 heteroatoms.